The van der Waals surface area contributed by atoms with Crippen LogP contribution in [-0.2, 0) is 4.74 Å². The molecule has 0 aliphatic heterocycles. The van der Waals surface area contributed by atoms with E-state index >= 15 is 0 Å². The second kappa shape index (κ2) is 7.02. The third kappa shape index (κ3) is 4.04. The van der Waals surface area contributed by atoms with Crippen molar-refractivity contribution in [3.63, 3.8) is 0 Å². The van der Waals surface area contributed by atoms with Crippen LogP contribution < -0.4 is 10.9 Å². The average Bonchev–Trinajstić information content (AvgIpc) is 2.37. The monoisotopic (exact) mass is 290 g/mol. The van der Waals surface area contributed by atoms with E-state index in [1.54, 1.807) is 13.2 Å². The van der Waals surface area contributed by atoms with Crippen molar-refractivity contribution in [2.45, 2.75) is 12.1 Å². The van der Waals surface area contributed by atoms with Gasteiger partial charge in [-0.25, -0.2) is 20.2 Å². The van der Waals surface area contributed by atoms with Crippen LogP contribution in [0.2, 0.25) is 5.02 Å². The van der Waals surface area contributed by atoms with E-state index in [0.29, 0.717) is 5.16 Å². The Morgan fingerprint density at radius 3 is 2.83 bits per heavy atom. The zero-order valence-corrected chi connectivity index (χ0v) is 11.3. The van der Waals surface area contributed by atoms with Crippen LogP contribution in [0.15, 0.2) is 11.4 Å². The van der Waals surface area contributed by atoms with Gasteiger partial charge in [-0.05, 0) is 13.2 Å². The van der Waals surface area contributed by atoms with Gasteiger partial charge in [0.25, 0.3) is 5.91 Å². The summed E-state index contributed by atoms with van der Waals surface area (Å²) in [5.41, 5.74) is 4.17. The molecule has 0 saturated heterocycles. The van der Waals surface area contributed by atoms with E-state index in [1.165, 1.54) is 18.0 Å². The van der Waals surface area contributed by atoms with Gasteiger partial charge in [-0.15, -0.1) is 0 Å². The number of nitrogens with zero attached hydrogens (tertiary/aromatic N) is 2. The number of hydrazine groups is 1. The molecule has 0 aromatic carbocycles. The number of hydrogen-bond acceptors (Lipinski definition) is 6. The second-order valence-corrected chi connectivity index (χ2v) is 4.03. The fourth-order valence-corrected chi connectivity index (χ4v) is 1.46. The van der Waals surface area contributed by atoms with Crippen LogP contribution in [0.5, 0.6) is 0 Å². The number of hydrogen-bond donors (Lipinski definition) is 2. The molecule has 0 atom stereocenters. The van der Waals surface area contributed by atoms with Gasteiger partial charge in [0, 0.05) is 0 Å². The highest BCUT2D eigenvalue weighted by atomic mass is 35.5. The molecular formula is C9H11ClN4O3S. The fourth-order valence-electron chi connectivity index (χ4n) is 0.943. The Morgan fingerprint density at radius 1 is 1.50 bits per heavy atom. The molecule has 1 aromatic heterocycles. The van der Waals surface area contributed by atoms with Crippen LogP contribution in [0.25, 0.3) is 0 Å². The van der Waals surface area contributed by atoms with E-state index in [1.807, 2.05) is 0 Å². The summed E-state index contributed by atoms with van der Waals surface area (Å²) in [6.07, 6.45) is 2.32. The van der Waals surface area contributed by atoms with Crippen molar-refractivity contribution in [3.8, 4) is 0 Å². The number of amides is 2. The first-order chi connectivity index (χ1) is 8.58. The average molecular weight is 291 g/mol. The summed E-state index contributed by atoms with van der Waals surface area (Å²) >= 11 is 7.05. The number of rotatable bonds is 3. The van der Waals surface area contributed by atoms with Crippen LogP contribution in [0.1, 0.15) is 17.4 Å². The van der Waals surface area contributed by atoms with Crippen molar-refractivity contribution >= 4 is 35.4 Å². The molecule has 0 aliphatic carbocycles. The molecule has 1 heterocycles. The Bertz CT molecular complexity index is 457. The molecular weight excluding hydrogens is 280 g/mol. The maximum atomic E-state index is 11.7. The summed E-state index contributed by atoms with van der Waals surface area (Å²) in [4.78, 5) is 30.5. The topological polar surface area (TPSA) is 93.2 Å². The minimum Gasteiger partial charge on any atom is -0.449 e. The van der Waals surface area contributed by atoms with E-state index in [0.717, 1.165) is 0 Å². The number of ether oxygens (including phenoxy) is 1. The molecule has 1 rings (SSSR count). The highest BCUT2D eigenvalue weighted by molar-refractivity contribution is 7.98. The van der Waals surface area contributed by atoms with E-state index < -0.39 is 12.0 Å². The maximum Gasteiger partial charge on any atom is 0.426 e. The van der Waals surface area contributed by atoms with Crippen LogP contribution in [0.4, 0.5) is 4.79 Å². The molecule has 98 valence electrons. The standard InChI is InChI=1S/C9H11ClN4O3S/c1-3-17-9(16)14-13-7(15)6-5(10)4-11-8(12-6)18-2/h4H,3H2,1-2H3,(H,13,15)(H,14,16). The van der Waals surface area contributed by atoms with Crippen molar-refractivity contribution in [2.75, 3.05) is 12.9 Å². The largest absolute Gasteiger partial charge is 0.449 e. The predicted molar refractivity (Wildman–Crippen MR) is 66.4 cm³/mol. The van der Waals surface area contributed by atoms with E-state index in [9.17, 15) is 9.59 Å². The molecule has 0 saturated carbocycles. The van der Waals surface area contributed by atoms with Crippen molar-refractivity contribution in [1.29, 1.82) is 0 Å². The normalized spacial score (nSPS) is 9.72. The number of halogens is 1. The van der Waals surface area contributed by atoms with Gasteiger partial charge in [-0.3, -0.25) is 10.2 Å². The molecule has 0 bridgehead atoms. The molecule has 0 aliphatic rings. The zero-order chi connectivity index (χ0) is 13.5. The molecule has 0 fully saturated rings. The lowest BCUT2D eigenvalue weighted by Gasteiger charge is -2.07. The van der Waals surface area contributed by atoms with Crippen LogP contribution >= 0.6 is 23.4 Å². The van der Waals surface area contributed by atoms with Crippen LogP contribution in [0, 0.1) is 0 Å². The summed E-state index contributed by atoms with van der Waals surface area (Å²) in [5, 5.41) is 0.497. The van der Waals surface area contributed by atoms with E-state index in [4.69, 9.17) is 11.6 Å². The Hall–Kier alpha value is -1.54. The lowest BCUT2D eigenvalue weighted by Crippen LogP contribution is -2.42. The molecule has 0 radical (unpaired) electrons. The highest BCUT2D eigenvalue weighted by Crippen LogP contribution is 2.15. The minimum atomic E-state index is -0.763. The number of nitrogens with one attached hydrogen (secondary N) is 2. The van der Waals surface area contributed by atoms with Gasteiger partial charge >= 0.3 is 6.09 Å². The summed E-state index contributed by atoms with van der Waals surface area (Å²) < 4.78 is 4.57. The molecule has 9 heteroatoms. The van der Waals surface area contributed by atoms with Crippen molar-refractivity contribution in [1.82, 2.24) is 20.8 Å². The number of carbonyl (C=O) groups excluding carboxylic acids is 2. The first-order valence-electron chi connectivity index (χ1n) is 4.88. The number of carbonyl (C=O) groups is 2. The Kier molecular flexibility index (Phi) is 5.66. The summed E-state index contributed by atoms with van der Waals surface area (Å²) in [6.45, 7) is 1.85. The second-order valence-electron chi connectivity index (χ2n) is 2.85. The Balaban J connectivity index is 2.69. The van der Waals surface area contributed by atoms with E-state index in [2.05, 4.69) is 25.6 Å². The number of aromatic nitrogens is 2. The fraction of sp³-hybridized carbons (Fsp3) is 0.333. The van der Waals surface area contributed by atoms with Crippen LogP contribution in [0.3, 0.4) is 0 Å². The molecule has 0 unspecified atom stereocenters. The van der Waals surface area contributed by atoms with Gasteiger partial charge in [0.15, 0.2) is 10.9 Å². The van der Waals surface area contributed by atoms with Gasteiger partial charge in [0.05, 0.1) is 17.8 Å². The molecule has 18 heavy (non-hydrogen) atoms. The van der Waals surface area contributed by atoms with Crippen molar-refractivity contribution in [2.24, 2.45) is 0 Å². The lowest BCUT2D eigenvalue weighted by molar-refractivity contribution is 0.0907. The van der Waals surface area contributed by atoms with Crippen LogP contribution in [-0.4, -0.2) is 34.8 Å². The maximum absolute atomic E-state index is 11.7. The smallest absolute Gasteiger partial charge is 0.426 e. The summed E-state index contributed by atoms with van der Waals surface area (Å²) in [5.74, 6) is -0.647. The third-order valence-electron chi connectivity index (χ3n) is 1.67. The first-order valence-corrected chi connectivity index (χ1v) is 6.48. The predicted octanol–water partition coefficient (Wildman–Crippen LogP) is 1.24. The van der Waals surface area contributed by atoms with Gasteiger partial charge in [0.1, 0.15) is 0 Å². The van der Waals surface area contributed by atoms with Gasteiger partial charge in [-0.2, -0.15) is 0 Å². The van der Waals surface area contributed by atoms with E-state index in [-0.39, 0.29) is 17.3 Å². The zero-order valence-electron chi connectivity index (χ0n) is 9.69. The molecule has 1 aromatic rings. The van der Waals surface area contributed by atoms with Gasteiger partial charge < -0.3 is 4.74 Å². The van der Waals surface area contributed by atoms with Crippen molar-refractivity contribution in [3.05, 3.63) is 16.9 Å². The Morgan fingerprint density at radius 2 is 2.22 bits per heavy atom. The van der Waals surface area contributed by atoms with Crippen molar-refractivity contribution < 1.29 is 14.3 Å². The summed E-state index contributed by atoms with van der Waals surface area (Å²) in [6, 6.07) is 0. The number of thioether (sulfide) groups is 1. The van der Waals surface area contributed by atoms with Gasteiger partial charge in [-0.1, -0.05) is 23.4 Å². The van der Waals surface area contributed by atoms with Gasteiger partial charge in [0.2, 0.25) is 0 Å². The Labute approximate surface area is 113 Å². The third-order valence-corrected chi connectivity index (χ3v) is 2.51. The molecule has 2 N–H and O–H groups in total. The first kappa shape index (κ1) is 14.5. The minimum absolute atomic E-state index is 0.0205. The lowest BCUT2D eigenvalue weighted by atomic mass is 10.4. The highest BCUT2D eigenvalue weighted by Gasteiger charge is 2.14. The molecule has 0 spiro atoms. The molecule has 2 amide bonds. The summed E-state index contributed by atoms with van der Waals surface area (Å²) in [7, 11) is 0. The molecule has 7 nitrogen and oxygen atoms in total. The quantitative estimate of drug-likeness (QED) is 0.494. The SMILES string of the molecule is CCOC(=O)NNC(=O)c1nc(SC)ncc1Cl.